The molecule has 1 aliphatic rings. The molecular weight excluding hydrogens is 304 g/mol. The molecule has 0 saturated carbocycles. The summed E-state index contributed by atoms with van der Waals surface area (Å²) in [6.07, 6.45) is 2.21. The van der Waals surface area contributed by atoms with E-state index in [-0.39, 0.29) is 6.04 Å². The van der Waals surface area contributed by atoms with E-state index in [2.05, 4.69) is 90.3 Å². The van der Waals surface area contributed by atoms with Crippen LogP contribution in [0.4, 0.5) is 0 Å². The van der Waals surface area contributed by atoms with E-state index < -0.39 is 0 Å². The van der Waals surface area contributed by atoms with Crippen LogP contribution < -0.4 is 5.32 Å². The van der Waals surface area contributed by atoms with Gasteiger partial charge in [0.15, 0.2) is 0 Å². The summed E-state index contributed by atoms with van der Waals surface area (Å²) in [7, 11) is 0. The number of amidine groups is 1. The minimum Gasteiger partial charge on any atom is -0.363 e. The van der Waals surface area contributed by atoms with Gasteiger partial charge in [0.05, 0.1) is 17.6 Å². The Balaban J connectivity index is 1.78. The van der Waals surface area contributed by atoms with Crippen molar-refractivity contribution in [2.75, 3.05) is 0 Å². The molecule has 1 aliphatic heterocycles. The van der Waals surface area contributed by atoms with E-state index in [0.717, 1.165) is 17.1 Å². The molecule has 122 valence electrons. The Morgan fingerprint density at radius 2 is 1.32 bits per heavy atom. The first kappa shape index (κ1) is 15.4. The second-order valence-electron chi connectivity index (χ2n) is 6.19. The van der Waals surface area contributed by atoms with E-state index in [4.69, 9.17) is 4.99 Å². The summed E-state index contributed by atoms with van der Waals surface area (Å²) in [6, 6.07) is 29.5. The number of nitrogens with one attached hydrogen (secondary N) is 1. The molecule has 0 radical (unpaired) electrons. The van der Waals surface area contributed by atoms with Gasteiger partial charge in [-0.3, -0.25) is 0 Å². The fourth-order valence-corrected chi connectivity index (χ4v) is 3.26. The Bertz CT molecular complexity index is 925. The molecule has 1 heterocycles. The maximum atomic E-state index is 4.70. The zero-order chi connectivity index (χ0) is 17.1. The van der Waals surface area contributed by atoms with Crippen LogP contribution in [-0.2, 0) is 0 Å². The average molecular weight is 324 g/mol. The number of nitrogens with zero attached hydrogens (tertiary/aromatic N) is 1. The van der Waals surface area contributed by atoms with Crippen LogP contribution in [0.15, 0.2) is 96.0 Å². The van der Waals surface area contributed by atoms with Gasteiger partial charge < -0.3 is 5.32 Å². The minimum atomic E-state index is 0.101. The Labute approximate surface area is 148 Å². The summed E-state index contributed by atoms with van der Waals surface area (Å²) in [4.78, 5) is 4.70. The minimum absolute atomic E-state index is 0.101. The highest BCUT2D eigenvalue weighted by Crippen LogP contribution is 2.32. The van der Waals surface area contributed by atoms with Crippen molar-refractivity contribution in [3.63, 3.8) is 0 Å². The maximum Gasteiger partial charge on any atom is 0.0998 e. The lowest BCUT2D eigenvalue weighted by Crippen LogP contribution is -2.28. The summed E-state index contributed by atoms with van der Waals surface area (Å²) < 4.78 is 0. The predicted molar refractivity (Wildman–Crippen MR) is 105 cm³/mol. The molecule has 25 heavy (non-hydrogen) atoms. The van der Waals surface area contributed by atoms with E-state index in [9.17, 15) is 0 Å². The summed E-state index contributed by atoms with van der Waals surface area (Å²) in [5, 5.41) is 3.52. The Hall–Kier alpha value is -3.13. The number of hydrogen-bond donors (Lipinski definition) is 1. The molecule has 0 aliphatic carbocycles. The van der Waals surface area contributed by atoms with Crippen molar-refractivity contribution in [1.29, 1.82) is 0 Å². The molecule has 1 N–H and O–H groups in total. The van der Waals surface area contributed by atoms with Gasteiger partial charge >= 0.3 is 0 Å². The van der Waals surface area contributed by atoms with Crippen molar-refractivity contribution in [2.45, 2.75) is 13.0 Å². The summed E-state index contributed by atoms with van der Waals surface area (Å²) in [5.74, 6) is 0.939. The number of hydrogen-bond acceptors (Lipinski definition) is 2. The van der Waals surface area contributed by atoms with Gasteiger partial charge in [-0.15, -0.1) is 0 Å². The molecule has 0 amide bonds. The van der Waals surface area contributed by atoms with Crippen LogP contribution in [0.2, 0.25) is 0 Å². The zero-order valence-electron chi connectivity index (χ0n) is 14.2. The lowest BCUT2D eigenvalue weighted by atomic mass is 9.93. The molecule has 1 unspecified atom stereocenters. The van der Waals surface area contributed by atoms with Crippen LogP contribution >= 0.6 is 0 Å². The fourth-order valence-electron chi connectivity index (χ4n) is 3.26. The molecule has 0 saturated heterocycles. The average Bonchev–Trinajstić information content (AvgIpc) is 2.69. The number of aliphatic imine (C=N–C) groups is 1. The second kappa shape index (κ2) is 6.78. The molecule has 0 aromatic heterocycles. The number of benzene rings is 3. The van der Waals surface area contributed by atoms with E-state index in [1.165, 1.54) is 16.7 Å². The largest absolute Gasteiger partial charge is 0.363 e. The standard InChI is InChI=1S/C23H20N2/c1-17-24-22(19-12-6-3-7-13-19)16-23(25-17)21-15-9-8-14-20(21)18-10-4-2-5-11-18/h2-16,23H,1H3,(H,24,25). The van der Waals surface area contributed by atoms with Crippen LogP contribution in [0.5, 0.6) is 0 Å². The molecule has 0 spiro atoms. The molecule has 0 bridgehead atoms. The van der Waals surface area contributed by atoms with Gasteiger partial charge in [-0.1, -0.05) is 84.9 Å². The maximum absolute atomic E-state index is 4.70. The third-order valence-corrected chi connectivity index (χ3v) is 4.43. The van der Waals surface area contributed by atoms with Gasteiger partial charge in [0.2, 0.25) is 0 Å². The van der Waals surface area contributed by atoms with Crippen molar-refractivity contribution in [1.82, 2.24) is 5.32 Å². The second-order valence-corrected chi connectivity index (χ2v) is 6.19. The molecule has 2 nitrogen and oxygen atoms in total. The first-order chi connectivity index (χ1) is 12.3. The number of rotatable bonds is 3. The van der Waals surface area contributed by atoms with Gasteiger partial charge in [-0.05, 0) is 35.3 Å². The highest BCUT2D eigenvalue weighted by Gasteiger charge is 2.19. The quantitative estimate of drug-likeness (QED) is 0.680. The summed E-state index contributed by atoms with van der Waals surface area (Å²) in [5.41, 5.74) is 5.90. The molecule has 2 heteroatoms. The third kappa shape index (κ3) is 3.24. The Morgan fingerprint density at radius 1 is 0.720 bits per heavy atom. The van der Waals surface area contributed by atoms with Crippen LogP contribution in [0.25, 0.3) is 16.8 Å². The van der Waals surface area contributed by atoms with Crippen molar-refractivity contribution in [3.05, 3.63) is 102 Å². The molecule has 3 aromatic rings. The van der Waals surface area contributed by atoms with Crippen molar-refractivity contribution in [2.24, 2.45) is 4.99 Å². The lowest BCUT2D eigenvalue weighted by Gasteiger charge is -2.24. The molecule has 0 fully saturated rings. The van der Waals surface area contributed by atoms with Gasteiger partial charge in [0, 0.05) is 0 Å². The Morgan fingerprint density at radius 3 is 2.04 bits per heavy atom. The predicted octanol–water partition coefficient (Wildman–Crippen LogP) is 5.46. The summed E-state index contributed by atoms with van der Waals surface area (Å²) >= 11 is 0. The van der Waals surface area contributed by atoms with Crippen molar-refractivity contribution >= 4 is 11.5 Å². The van der Waals surface area contributed by atoms with Crippen LogP contribution in [-0.4, -0.2) is 5.84 Å². The van der Waals surface area contributed by atoms with Crippen LogP contribution in [0.1, 0.15) is 24.1 Å². The van der Waals surface area contributed by atoms with Crippen molar-refractivity contribution in [3.8, 4) is 11.1 Å². The van der Waals surface area contributed by atoms with Gasteiger partial charge in [-0.25, -0.2) is 4.99 Å². The smallest absolute Gasteiger partial charge is 0.0998 e. The first-order valence-corrected chi connectivity index (χ1v) is 8.55. The van der Waals surface area contributed by atoms with E-state index in [1.54, 1.807) is 0 Å². The van der Waals surface area contributed by atoms with Gasteiger partial charge in [0.1, 0.15) is 0 Å². The molecule has 4 rings (SSSR count). The third-order valence-electron chi connectivity index (χ3n) is 4.43. The molecule has 3 aromatic carbocycles. The Kier molecular flexibility index (Phi) is 4.17. The topological polar surface area (TPSA) is 24.4 Å². The fraction of sp³-hybridized carbons (Fsp3) is 0.0870. The molecular formula is C23H20N2. The lowest BCUT2D eigenvalue weighted by molar-refractivity contribution is 0.779. The van der Waals surface area contributed by atoms with Gasteiger partial charge in [0.25, 0.3) is 0 Å². The first-order valence-electron chi connectivity index (χ1n) is 8.55. The van der Waals surface area contributed by atoms with E-state index >= 15 is 0 Å². The van der Waals surface area contributed by atoms with E-state index in [0.29, 0.717) is 0 Å². The highest BCUT2D eigenvalue weighted by molar-refractivity contribution is 5.89. The zero-order valence-corrected chi connectivity index (χ0v) is 14.2. The SMILES string of the molecule is CC1=NC(c2ccccc2)=CC(c2ccccc2-c2ccccc2)N1. The van der Waals surface area contributed by atoms with Gasteiger partial charge in [-0.2, -0.15) is 0 Å². The highest BCUT2D eigenvalue weighted by atomic mass is 15.0. The normalized spacial score (nSPS) is 16.6. The van der Waals surface area contributed by atoms with Crippen molar-refractivity contribution < 1.29 is 0 Å². The van der Waals surface area contributed by atoms with Crippen LogP contribution in [0, 0.1) is 0 Å². The molecule has 1 atom stereocenters. The van der Waals surface area contributed by atoms with E-state index in [1.807, 2.05) is 13.0 Å². The monoisotopic (exact) mass is 324 g/mol. The summed E-state index contributed by atoms with van der Waals surface area (Å²) in [6.45, 7) is 2.02. The van der Waals surface area contributed by atoms with Crippen LogP contribution in [0.3, 0.4) is 0 Å².